The Bertz CT molecular complexity index is 2950. The summed E-state index contributed by atoms with van der Waals surface area (Å²) in [5.41, 5.74) is 14.5. The number of methoxy groups -OCH3 is 1. The van der Waals surface area contributed by atoms with E-state index in [9.17, 15) is 32.3 Å². The van der Waals surface area contributed by atoms with Crippen LogP contribution in [0.4, 0.5) is 30.8 Å². The van der Waals surface area contributed by atoms with E-state index in [4.69, 9.17) is 36.0 Å². The van der Waals surface area contributed by atoms with Crippen molar-refractivity contribution in [3.05, 3.63) is 70.6 Å². The highest BCUT2D eigenvalue weighted by molar-refractivity contribution is 6.07. The first kappa shape index (κ1) is 45.2. The number of carbonyl (C=O) groups is 4. The first-order valence-corrected chi connectivity index (χ1v) is 21.2. The van der Waals surface area contributed by atoms with Gasteiger partial charge in [-0.3, -0.25) is 39.4 Å². The smallest absolute Gasteiger partial charge is 0.415 e. The third-order valence-corrected chi connectivity index (χ3v) is 11.5. The number of nitrogens with zero attached hydrogens (tertiary/aromatic N) is 10. The molecule has 1 unspecified atom stereocenters. The van der Waals surface area contributed by atoms with Gasteiger partial charge in [-0.2, -0.15) is 22.8 Å². The lowest BCUT2D eigenvalue weighted by Gasteiger charge is -2.33. The van der Waals surface area contributed by atoms with E-state index in [0.717, 1.165) is 0 Å². The number of hydrogen-bond donors (Lipinski definition) is 5. The molecule has 4 amide bonds. The Hall–Kier alpha value is -7.34. The summed E-state index contributed by atoms with van der Waals surface area (Å²) in [5.74, 6) is -1.77. The molecular formula is C42H49F3N15O6+. The monoisotopic (exact) mass is 916 g/mol. The number of halogens is 3. The van der Waals surface area contributed by atoms with Gasteiger partial charge in [0.25, 0.3) is 11.7 Å². The number of alkyl halides is 3. The van der Waals surface area contributed by atoms with E-state index in [0.29, 0.717) is 58.8 Å². The minimum atomic E-state index is -4.48. The average Bonchev–Trinajstić information content (AvgIpc) is 4.01. The first-order valence-electron chi connectivity index (χ1n) is 21.2. The number of primary amides is 2. The molecule has 0 radical (unpaired) electrons. The Morgan fingerprint density at radius 2 is 1.53 bits per heavy atom. The van der Waals surface area contributed by atoms with Crippen molar-refractivity contribution in [1.29, 1.82) is 0 Å². The zero-order valence-corrected chi connectivity index (χ0v) is 36.8. The predicted molar refractivity (Wildman–Crippen MR) is 234 cm³/mol. The largest absolute Gasteiger partial charge is 0.494 e. The number of rotatable bonds is 10. The van der Waals surface area contributed by atoms with Crippen molar-refractivity contribution in [2.45, 2.75) is 72.6 Å². The number of nitrogens with two attached hydrogens (primary N) is 2. The zero-order chi connectivity index (χ0) is 47.2. The minimum Gasteiger partial charge on any atom is -0.494 e. The summed E-state index contributed by atoms with van der Waals surface area (Å²) < 4.78 is 59.0. The number of nitrogens with one attached hydrogen (secondary N) is 3. The zero-order valence-electron chi connectivity index (χ0n) is 36.8. The number of carbonyl (C=O) groups excluding carboxylic acids is 4. The Labute approximate surface area is 374 Å². The Morgan fingerprint density at radius 1 is 0.909 bits per heavy atom. The van der Waals surface area contributed by atoms with Gasteiger partial charge in [-0.25, -0.2) is 9.97 Å². The maximum absolute atomic E-state index is 14.8. The summed E-state index contributed by atoms with van der Waals surface area (Å²) in [6.45, 7) is 8.45. The number of aryl methyl sites for hydroxylation is 4. The third kappa shape index (κ3) is 8.39. The van der Waals surface area contributed by atoms with E-state index in [1.54, 1.807) is 50.7 Å². The summed E-state index contributed by atoms with van der Waals surface area (Å²) in [7, 11) is 1.44. The van der Waals surface area contributed by atoms with Gasteiger partial charge in [0.15, 0.2) is 17.5 Å². The fourth-order valence-corrected chi connectivity index (χ4v) is 8.46. The summed E-state index contributed by atoms with van der Waals surface area (Å²) in [5, 5.41) is 18.6. The molecule has 1 atom stereocenters. The van der Waals surface area contributed by atoms with Crippen LogP contribution in [0.25, 0.3) is 27.8 Å². The number of anilines is 3. The number of hydrogen-bond acceptors (Lipinski definition) is 12. The molecule has 0 aliphatic carbocycles. The molecule has 6 heterocycles. The standard InChI is InChI=1S/C42H48F3N15O6/c1-6-58-34-31(22(3)53-58)60-23(4)54-59(7-2)39(60)38(64)52-41-50-28-19-25(36(47)62)20-29(65-5)33(28)57(41)14-9-8-13-56-32-26(17-24(35(46)61)18-27(32)49-40(56)51-37(34)63)48-11-10-12-55-15-16-66-30(21-55)42(43,44)45/h8-9,17-20,30,48H,6-7,10-16,21H2,1-5H3,(H5-,46,47,49,50,51,52,61,62,63,64)/p+1/b9-8+. The second-order valence-corrected chi connectivity index (χ2v) is 15.7. The van der Waals surface area contributed by atoms with Crippen molar-refractivity contribution in [1.82, 2.24) is 43.6 Å². The molecule has 0 spiro atoms. The average molecular weight is 917 g/mol. The number of morpholine rings is 1. The van der Waals surface area contributed by atoms with Gasteiger partial charge in [0.05, 0.1) is 41.6 Å². The van der Waals surface area contributed by atoms with Crippen LogP contribution < -0.4 is 36.7 Å². The molecule has 348 valence electrons. The number of imidazole rings is 2. The van der Waals surface area contributed by atoms with Crippen LogP contribution in [0.3, 0.4) is 0 Å². The van der Waals surface area contributed by atoms with Crippen LogP contribution in [0.2, 0.25) is 0 Å². The highest BCUT2D eigenvalue weighted by atomic mass is 19.4. The van der Waals surface area contributed by atoms with Gasteiger partial charge in [0.1, 0.15) is 17.8 Å². The van der Waals surface area contributed by atoms with E-state index in [1.807, 2.05) is 13.8 Å². The molecule has 24 heteroatoms. The second-order valence-electron chi connectivity index (χ2n) is 15.7. The van der Waals surface area contributed by atoms with Gasteiger partial charge in [-0.1, -0.05) is 12.2 Å². The van der Waals surface area contributed by atoms with Crippen LogP contribution in [-0.4, -0.2) is 119 Å². The Balaban J connectivity index is 1.27. The minimum absolute atomic E-state index is 0.0428. The van der Waals surface area contributed by atoms with Gasteiger partial charge in [-0.15, -0.1) is 4.68 Å². The Morgan fingerprint density at radius 3 is 2.15 bits per heavy atom. The number of aromatic nitrogens is 9. The molecule has 4 aromatic heterocycles. The van der Waals surface area contributed by atoms with Gasteiger partial charge < -0.3 is 35.4 Å². The van der Waals surface area contributed by atoms with E-state index >= 15 is 0 Å². The highest BCUT2D eigenvalue weighted by Gasteiger charge is 2.43. The van der Waals surface area contributed by atoms with Crippen molar-refractivity contribution in [3.8, 4) is 11.4 Å². The quantitative estimate of drug-likeness (QED) is 0.0756. The van der Waals surface area contributed by atoms with Crippen LogP contribution in [0.15, 0.2) is 36.4 Å². The summed E-state index contributed by atoms with van der Waals surface area (Å²) in [4.78, 5) is 65.7. The lowest BCUT2D eigenvalue weighted by atomic mass is 10.1. The second kappa shape index (κ2) is 17.9. The number of ether oxygens (including phenoxy) is 2. The molecule has 1 fully saturated rings. The van der Waals surface area contributed by atoms with E-state index in [-0.39, 0.29) is 91.9 Å². The van der Waals surface area contributed by atoms with Gasteiger partial charge in [-0.05, 0) is 51.5 Å². The van der Waals surface area contributed by atoms with E-state index < -0.39 is 35.9 Å². The number of allylic oxidation sites excluding steroid dienone is 2. The van der Waals surface area contributed by atoms with E-state index in [2.05, 4.69) is 21.0 Å². The van der Waals surface area contributed by atoms with Gasteiger partial charge in [0.2, 0.25) is 23.7 Å². The molecular weight excluding hydrogens is 868 g/mol. The molecule has 2 aliphatic rings. The molecule has 8 rings (SSSR count). The molecule has 1 saturated heterocycles. The lowest BCUT2D eigenvalue weighted by Crippen LogP contribution is -2.49. The Kier molecular flexibility index (Phi) is 12.3. The van der Waals surface area contributed by atoms with Crippen LogP contribution in [-0.2, 0) is 30.9 Å². The van der Waals surface area contributed by atoms with Crippen LogP contribution >= 0.6 is 0 Å². The fourth-order valence-electron chi connectivity index (χ4n) is 8.46. The van der Waals surface area contributed by atoms with Crippen molar-refractivity contribution in [2.75, 3.05) is 55.8 Å². The molecule has 0 saturated carbocycles. The molecule has 7 N–H and O–H groups in total. The topological polar surface area (TPSA) is 253 Å². The van der Waals surface area contributed by atoms with Crippen molar-refractivity contribution >= 4 is 63.3 Å². The normalized spacial score (nSPS) is 16.6. The first-order chi connectivity index (χ1) is 31.5. The van der Waals surface area contributed by atoms with Crippen molar-refractivity contribution in [3.63, 3.8) is 0 Å². The summed E-state index contributed by atoms with van der Waals surface area (Å²) in [6.07, 6.45) is -2.30. The number of fused-ring (bicyclic) bond motifs is 9. The van der Waals surface area contributed by atoms with Gasteiger partial charge in [0, 0.05) is 69.0 Å². The maximum Gasteiger partial charge on any atom is 0.415 e. The maximum atomic E-state index is 14.8. The molecule has 6 aromatic rings. The van der Waals surface area contributed by atoms with Crippen molar-refractivity contribution < 1.29 is 46.4 Å². The summed E-state index contributed by atoms with van der Waals surface area (Å²) >= 11 is 0. The molecule has 66 heavy (non-hydrogen) atoms. The fraction of sp³-hybridized carbons (Fsp3) is 0.405. The van der Waals surface area contributed by atoms with Crippen LogP contribution in [0.1, 0.15) is 73.6 Å². The molecule has 21 nitrogen and oxygen atoms in total. The highest BCUT2D eigenvalue weighted by Crippen LogP contribution is 2.33. The number of benzene rings is 2. The summed E-state index contributed by atoms with van der Waals surface area (Å²) in [6, 6.07) is 6.07. The molecule has 2 aliphatic heterocycles. The van der Waals surface area contributed by atoms with Crippen LogP contribution in [0, 0.1) is 13.8 Å². The van der Waals surface area contributed by atoms with E-state index in [1.165, 1.54) is 34.7 Å². The molecule has 2 aromatic carbocycles. The van der Waals surface area contributed by atoms with Crippen molar-refractivity contribution in [2.24, 2.45) is 11.5 Å². The molecule has 0 bridgehead atoms. The third-order valence-electron chi connectivity index (χ3n) is 11.5. The SMILES string of the molecule is CCn1nc(C)c2c1C(=O)Nc1nc3cc(C(N)=O)cc(NCCCN4CCOC(C(F)(F)F)C4)c3n1C/C=C/Cn1c(nc3cc(C(N)=O)cc(OC)c31)NC(=O)c1n(CC)nc(C)[n+]1-2. The van der Waals surface area contributed by atoms with Crippen LogP contribution in [0.5, 0.6) is 5.75 Å². The lowest BCUT2D eigenvalue weighted by molar-refractivity contribution is -0.606. The van der Waals surface area contributed by atoms with Gasteiger partial charge >= 0.3 is 17.9 Å². The number of amides is 4. The predicted octanol–water partition coefficient (Wildman–Crippen LogP) is 3.06.